The van der Waals surface area contributed by atoms with E-state index in [1.54, 1.807) is 13.2 Å². The van der Waals surface area contributed by atoms with E-state index in [-0.39, 0.29) is 19.0 Å². The number of methoxy groups -OCH3 is 1. The van der Waals surface area contributed by atoms with Gasteiger partial charge in [0.15, 0.2) is 0 Å². The van der Waals surface area contributed by atoms with Crippen molar-refractivity contribution in [3.63, 3.8) is 0 Å². The SMILES string of the molecule is COc1ccccc1CNC(=O)CN1C(=O)N[C@]2(CCc3ccccc32)C1=O. The van der Waals surface area contributed by atoms with Crippen LogP contribution in [0.1, 0.15) is 23.1 Å². The Balaban J connectivity index is 1.45. The van der Waals surface area contributed by atoms with Crippen LogP contribution in [0.25, 0.3) is 0 Å². The Hall–Kier alpha value is -3.35. The van der Waals surface area contributed by atoms with Gasteiger partial charge in [-0.05, 0) is 30.0 Å². The molecule has 2 N–H and O–H groups in total. The molecule has 7 nitrogen and oxygen atoms in total. The molecule has 0 unspecified atom stereocenters. The molecular weight excluding hydrogens is 358 g/mol. The van der Waals surface area contributed by atoms with Crippen molar-refractivity contribution >= 4 is 17.8 Å². The van der Waals surface area contributed by atoms with E-state index in [1.807, 2.05) is 42.5 Å². The number of urea groups is 1. The summed E-state index contributed by atoms with van der Waals surface area (Å²) in [5.74, 6) is -0.105. The second-order valence-electron chi connectivity index (χ2n) is 6.97. The second kappa shape index (κ2) is 6.99. The molecule has 1 heterocycles. The molecule has 7 heteroatoms. The molecule has 0 bridgehead atoms. The van der Waals surface area contributed by atoms with Gasteiger partial charge >= 0.3 is 6.03 Å². The number of ether oxygens (including phenoxy) is 1. The van der Waals surface area contributed by atoms with Gasteiger partial charge in [-0.3, -0.25) is 14.5 Å². The minimum absolute atomic E-state index is 0.250. The molecular formula is C21H21N3O4. The van der Waals surface area contributed by atoms with Gasteiger partial charge in [-0.2, -0.15) is 0 Å². The van der Waals surface area contributed by atoms with Crippen LogP contribution in [0.15, 0.2) is 48.5 Å². The molecule has 1 spiro atoms. The van der Waals surface area contributed by atoms with Crippen molar-refractivity contribution in [2.45, 2.75) is 24.9 Å². The van der Waals surface area contributed by atoms with Gasteiger partial charge in [0.05, 0.1) is 7.11 Å². The Morgan fingerprint density at radius 1 is 1.18 bits per heavy atom. The van der Waals surface area contributed by atoms with E-state index in [1.165, 1.54) is 0 Å². The van der Waals surface area contributed by atoms with Crippen LogP contribution in [-0.4, -0.2) is 36.4 Å². The number of fused-ring (bicyclic) bond motifs is 2. The van der Waals surface area contributed by atoms with Crippen molar-refractivity contribution in [1.29, 1.82) is 0 Å². The van der Waals surface area contributed by atoms with Crippen molar-refractivity contribution in [1.82, 2.24) is 15.5 Å². The van der Waals surface area contributed by atoms with E-state index in [2.05, 4.69) is 10.6 Å². The van der Waals surface area contributed by atoms with Crippen molar-refractivity contribution < 1.29 is 19.1 Å². The molecule has 4 rings (SSSR count). The summed E-state index contributed by atoms with van der Waals surface area (Å²) in [7, 11) is 1.56. The number of hydrogen-bond acceptors (Lipinski definition) is 4. The van der Waals surface area contributed by atoms with Gasteiger partial charge in [0.25, 0.3) is 5.91 Å². The highest BCUT2D eigenvalue weighted by molar-refractivity contribution is 6.09. The molecule has 0 aromatic heterocycles. The Bertz CT molecular complexity index is 958. The van der Waals surface area contributed by atoms with Crippen LogP contribution < -0.4 is 15.4 Å². The van der Waals surface area contributed by atoms with Gasteiger partial charge in [0, 0.05) is 12.1 Å². The van der Waals surface area contributed by atoms with Gasteiger partial charge in [0.1, 0.15) is 17.8 Å². The second-order valence-corrected chi connectivity index (χ2v) is 6.97. The fourth-order valence-corrected chi connectivity index (χ4v) is 3.98. The number of carbonyl (C=O) groups is 3. The maximum Gasteiger partial charge on any atom is 0.325 e. The van der Waals surface area contributed by atoms with Gasteiger partial charge in [-0.25, -0.2) is 4.79 Å². The average Bonchev–Trinajstić information content (AvgIpc) is 3.20. The molecule has 1 aliphatic heterocycles. The molecule has 1 aliphatic carbocycles. The fraction of sp³-hybridized carbons (Fsp3) is 0.286. The number of benzene rings is 2. The number of aryl methyl sites for hydroxylation is 1. The molecule has 1 saturated heterocycles. The van der Waals surface area contributed by atoms with Gasteiger partial charge in [-0.15, -0.1) is 0 Å². The number of nitrogens with zero attached hydrogens (tertiary/aromatic N) is 1. The zero-order valence-electron chi connectivity index (χ0n) is 15.5. The lowest BCUT2D eigenvalue weighted by atomic mass is 9.92. The van der Waals surface area contributed by atoms with Crippen LogP contribution in [0, 0.1) is 0 Å². The first-order valence-electron chi connectivity index (χ1n) is 9.16. The van der Waals surface area contributed by atoms with Gasteiger partial charge in [0.2, 0.25) is 5.91 Å². The first-order chi connectivity index (χ1) is 13.5. The molecule has 1 fully saturated rings. The minimum Gasteiger partial charge on any atom is -0.496 e. The lowest BCUT2D eigenvalue weighted by molar-refractivity contribution is -0.135. The maximum atomic E-state index is 13.1. The summed E-state index contributed by atoms with van der Waals surface area (Å²) in [6.07, 6.45) is 1.23. The Morgan fingerprint density at radius 3 is 2.75 bits per heavy atom. The van der Waals surface area contributed by atoms with E-state index in [0.29, 0.717) is 12.2 Å². The Kier molecular flexibility index (Phi) is 4.50. The van der Waals surface area contributed by atoms with E-state index in [0.717, 1.165) is 28.0 Å². The highest BCUT2D eigenvalue weighted by Gasteiger charge is 2.55. The normalized spacial score (nSPS) is 20.2. The van der Waals surface area contributed by atoms with Gasteiger partial charge < -0.3 is 15.4 Å². The number of carbonyl (C=O) groups excluding carboxylic acids is 3. The fourth-order valence-electron chi connectivity index (χ4n) is 3.98. The zero-order valence-corrected chi connectivity index (χ0v) is 15.5. The summed E-state index contributed by atoms with van der Waals surface area (Å²) in [4.78, 5) is 38.9. The Labute approximate surface area is 162 Å². The third-order valence-electron chi connectivity index (χ3n) is 5.39. The zero-order chi connectivity index (χ0) is 19.7. The molecule has 2 aliphatic rings. The smallest absolute Gasteiger partial charge is 0.325 e. The predicted octanol–water partition coefficient (Wildman–Crippen LogP) is 1.70. The number of rotatable bonds is 5. The highest BCUT2D eigenvalue weighted by Crippen LogP contribution is 2.41. The van der Waals surface area contributed by atoms with E-state index in [4.69, 9.17) is 4.74 Å². The molecule has 144 valence electrons. The average molecular weight is 379 g/mol. The lowest BCUT2D eigenvalue weighted by Crippen LogP contribution is -2.43. The topological polar surface area (TPSA) is 87.7 Å². The third kappa shape index (κ3) is 2.89. The first kappa shape index (κ1) is 18.0. The van der Waals surface area contributed by atoms with Crippen LogP contribution in [0.3, 0.4) is 0 Å². The number of imide groups is 1. The Morgan fingerprint density at radius 2 is 1.93 bits per heavy atom. The summed E-state index contributed by atoms with van der Waals surface area (Å²) in [5, 5.41) is 5.57. The lowest BCUT2D eigenvalue weighted by Gasteiger charge is -2.22. The first-order valence-corrected chi connectivity index (χ1v) is 9.16. The van der Waals surface area contributed by atoms with Crippen LogP contribution in [0.4, 0.5) is 4.79 Å². The molecule has 0 saturated carbocycles. The number of para-hydroxylation sites is 1. The quantitative estimate of drug-likeness (QED) is 0.774. The van der Waals surface area contributed by atoms with Crippen molar-refractivity contribution in [2.24, 2.45) is 0 Å². The number of nitrogens with one attached hydrogen (secondary N) is 2. The van der Waals surface area contributed by atoms with E-state index in [9.17, 15) is 14.4 Å². The van der Waals surface area contributed by atoms with E-state index >= 15 is 0 Å². The molecule has 2 aromatic carbocycles. The summed E-state index contributed by atoms with van der Waals surface area (Å²) >= 11 is 0. The van der Waals surface area contributed by atoms with Crippen LogP contribution in [0.2, 0.25) is 0 Å². The van der Waals surface area contributed by atoms with Crippen molar-refractivity contribution in [3.05, 3.63) is 65.2 Å². The summed E-state index contributed by atoms with van der Waals surface area (Å²) in [5.41, 5.74) is 1.65. The van der Waals surface area contributed by atoms with Gasteiger partial charge in [-0.1, -0.05) is 42.5 Å². The molecule has 1 atom stereocenters. The van der Waals surface area contributed by atoms with Crippen LogP contribution >= 0.6 is 0 Å². The summed E-state index contributed by atoms with van der Waals surface area (Å²) in [6, 6.07) is 14.4. The monoisotopic (exact) mass is 379 g/mol. The van der Waals surface area contributed by atoms with E-state index < -0.39 is 17.5 Å². The molecule has 28 heavy (non-hydrogen) atoms. The molecule has 0 radical (unpaired) electrons. The minimum atomic E-state index is -1.05. The maximum absolute atomic E-state index is 13.1. The summed E-state index contributed by atoms with van der Waals surface area (Å²) < 4.78 is 5.26. The van der Waals surface area contributed by atoms with Crippen molar-refractivity contribution in [2.75, 3.05) is 13.7 Å². The van der Waals surface area contributed by atoms with Crippen LogP contribution in [0.5, 0.6) is 5.75 Å². The van der Waals surface area contributed by atoms with Crippen LogP contribution in [-0.2, 0) is 28.1 Å². The predicted molar refractivity (Wildman–Crippen MR) is 102 cm³/mol. The van der Waals surface area contributed by atoms with Crippen molar-refractivity contribution in [3.8, 4) is 5.75 Å². The number of amides is 4. The molecule has 2 aromatic rings. The standard InChI is InChI=1S/C21H21N3O4/c1-28-17-9-5-3-7-15(17)12-22-18(25)13-24-19(26)21(23-20(24)27)11-10-14-6-2-4-8-16(14)21/h2-9H,10-13H2,1H3,(H,22,25)(H,23,27)/t21-/m0/s1. The third-order valence-corrected chi connectivity index (χ3v) is 5.39. The largest absolute Gasteiger partial charge is 0.496 e. The summed E-state index contributed by atoms with van der Waals surface area (Å²) in [6.45, 7) is -0.0653. The number of hydrogen-bond donors (Lipinski definition) is 2. The molecule has 4 amide bonds. The highest BCUT2D eigenvalue weighted by atomic mass is 16.5.